The number of carbonyl (C=O) groups is 1. The first-order valence-electron chi connectivity index (χ1n) is 33.8. The number of nitrogens with one attached hydrogen (secondary N) is 1. The predicted molar refractivity (Wildman–Crippen MR) is 350 cm³/mol. The molecule has 0 aromatic heterocycles. The van der Waals surface area contributed by atoms with Crippen LogP contribution in [0.2, 0.25) is 0 Å². The highest BCUT2D eigenvalue weighted by Gasteiger charge is 2.44. The Morgan fingerprint density at radius 3 is 1.17 bits per heavy atom. The summed E-state index contributed by atoms with van der Waals surface area (Å²) in [4.78, 5) is 13.1. The van der Waals surface area contributed by atoms with Crippen LogP contribution in [0.4, 0.5) is 0 Å². The topological polar surface area (TPSA) is 149 Å². The summed E-state index contributed by atoms with van der Waals surface area (Å²) in [5, 5.41) is 54.6. The van der Waals surface area contributed by atoms with E-state index in [1.807, 2.05) is 6.08 Å². The third kappa shape index (κ3) is 48.9. The third-order valence-corrected chi connectivity index (χ3v) is 15.3. The lowest BCUT2D eigenvalue weighted by atomic mass is 9.99. The predicted octanol–water partition coefficient (Wildman–Crippen LogP) is 18.2. The molecular formula is C73H125NO8. The van der Waals surface area contributed by atoms with E-state index in [9.17, 15) is 30.3 Å². The van der Waals surface area contributed by atoms with Crippen molar-refractivity contribution in [3.8, 4) is 0 Å². The number of allylic oxidation sites excluding steroid dienone is 19. The van der Waals surface area contributed by atoms with Crippen molar-refractivity contribution >= 4 is 5.91 Å². The van der Waals surface area contributed by atoms with Crippen LogP contribution in [0.15, 0.2) is 122 Å². The molecule has 9 heteroatoms. The zero-order valence-corrected chi connectivity index (χ0v) is 52.5. The van der Waals surface area contributed by atoms with Crippen molar-refractivity contribution in [2.24, 2.45) is 0 Å². The maximum atomic E-state index is 13.1. The van der Waals surface area contributed by atoms with Crippen LogP contribution < -0.4 is 5.32 Å². The van der Waals surface area contributed by atoms with Crippen LogP contribution in [0, 0.1) is 0 Å². The molecule has 82 heavy (non-hydrogen) atoms. The van der Waals surface area contributed by atoms with E-state index in [1.165, 1.54) is 167 Å². The Labute approximate surface area is 503 Å². The Morgan fingerprint density at radius 1 is 0.427 bits per heavy atom. The Balaban J connectivity index is 2.22. The molecule has 1 aliphatic rings. The van der Waals surface area contributed by atoms with Gasteiger partial charge in [0.05, 0.1) is 25.4 Å². The third-order valence-electron chi connectivity index (χ3n) is 15.3. The van der Waals surface area contributed by atoms with Gasteiger partial charge in [-0.05, 0) is 96.3 Å². The standard InChI is InChI=1S/C73H125NO8/c1-3-5-7-9-11-13-15-17-19-21-23-25-27-29-31-32-33-34-35-37-38-40-42-44-46-48-50-52-54-56-58-60-62-67(76)66(65-81-73-72(80)71(79)70(78)68(64-75)82-73)74-69(77)63-61-59-57-55-53-51-49-47-45-43-41-39-36-30-28-26-24-22-20-18-16-14-12-10-8-6-4-2/h6,8,12,14,18,20,24,26,30,36,41,43,47,49,52-55,60,62,66-68,70-73,75-76,78-80H,3-5,7,9-11,13,15-17,19,21-23,25,27-29,31-35,37-40,42,44-46,48,50-51,56-59,61,63-65H2,1-2H3,(H,74,77)/b8-6-,14-12-,20-18-,26-24-,36-30-,43-41-,49-47-,54-52+,55-53-,62-60+. The first-order chi connectivity index (χ1) is 40.3. The summed E-state index contributed by atoms with van der Waals surface area (Å²) in [5.74, 6) is -0.231. The van der Waals surface area contributed by atoms with E-state index < -0.39 is 49.5 Å². The minimum absolute atomic E-state index is 0.226. The van der Waals surface area contributed by atoms with Gasteiger partial charge in [-0.1, -0.05) is 296 Å². The molecule has 1 fully saturated rings. The highest BCUT2D eigenvalue weighted by molar-refractivity contribution is 5.76. The summed E-state index contributed by atoms with van der Waals surface area (Å²) in [6.45, 7) is 3.64. The molecule has 0 aromatic carbocycles. The Kier molecular flexibility index (Phi) is 56.7. The summed E-state index contributed by atoms with van der Waals surface area (Å²) in [6, 6.07) is -0.857. The summed E-state index contributed by atoms with van der Waals surface area (Å²) >= 11 is 0. The van der Waals surface area contributed by atoms with Crippen LogP contribution in [0.5, 0.6) is 0 Å². The number of unbranched alkanes of at least 4 members (excludes halogenated alkanes) is 29. The minimum atomic E-state index is -1.59. The summed E-state index contributed by atoms with van der Waals surface area (Å²) < 4.78 is 11.3. The lowest BCUT2D eigenvalue weighted by Crippen LogP contribution is -2.60. The molecule has 1 saturated heterocycles. The smallest absolute Gasteiger partial charge is 0.220 e. The molecule has 1 amide bonds. The molecule has 7 unspecified atom stereocenters. The first-order valence-corrected chi connectivity index (χ1v) is 33.8. The van der Waals surface area contributed by atoms with E-state index in [1.54, 1.807) is 6.08 Å². The van der Waals surface area contributed by atoms with Gasteiger partial charge in [-0.15, -0.1) is 0 Å². The van der Waals surface area contributed by atoms with Gasteiger partial charge < -0.3 is 40.3 Å². The second-order valence-corrected chi connectivity index (χ2v) is 22.9. The van der Waals surface area contributed by atoms with Crippen molar-refractivity contribution in [3.05, 3.63) is 122 Å². The molecular weight excluding hydrogens is 1020 g/mol. The fraction of sp³-hybridized carbons (Fsp3) is 0.712. The maximum absolute atomic E-state index is 13.1. The second kappa shape index (κ2) is 60.7. The molecule has 470 valence electrons. The van der Waals surface area contributed by atoms with E-state index in [2.05, 4.69) is 129 Å². The van der Waals surface area contributed by atoms with Crippen molar-refractivity contribution in [3.63, 3.8) is 0 Å². The van der Waals surface area contributed by atoms with E-state index in [0.29, 0.717) is 6.42 Å². The zero-order chi connectivity index (χ0) is 59.3. The van der Waals surface area contributed by atoms with Gasteiger partial charge in [-0.25, -0.2) is 0 Å². The highest BCUT2D eigenvalue weighted by atomic mass is 16.7. The second-order valence-electron chi connectivity index (χ2n) is 22.9. The van der Waals surface area contributed by atoms with Gasteiger partial charge in [-0.2, -0.15) is 0 Å². The fourth-order valence-corrected chi connectivity index (χ4v) is 10.0. The van der Waals surface area contributed by atoms with Gasteiger partial charge in [0, 0.05) is 6.42 Å². The summed E-state index contributed by atoms with van der Waals surface area (Å²) in [7, 11) is 0. The van der Waals surface area contributed by atoms with Gasteiger partial charge in [-0.3, -0.25) is 4.79 Å². The summed E-state index contributed by atoms with van der Waals surface area (Å²) in [5.41, 5.74) is 0. The Bertz CT molecular complexity index is 1710. The van der Waals surface area contributed by atoms with Gasteiger partial charge in [0.2, 0.25) is 5.91 Å². The molecule has 9 nitrogen and oxygen atoms in total. The molecule has 0 saturated carbocycles. The lowest BCUT2D eigenvalue weighted by molar-refractivity contribution is -0.302. The van der Waals surface area contributed by atoms with Gasteiger partial charge >= 0.3 is 0 Å². The first kappa shape index (κ1) is 76.6. The zero-order valence-electron chi connectivity index (χ0n) is 52.5. The van der Waals surface area contributed by atoms with E-state index in [4.69, 9.17) is 9.47 Å². The number of rotatable bonds is 57. The lowest BCUT2D eigenvalue weighted by Gasteiger charge is -2.40. The van der Waals surface area contributed by atoms with Crippen LogP contribution in [-0.4, -0.2) is 87.5 Å². The minimum Gasteiger partial charge on any atom is -0.394 e. The molecule has 1 rings (SSSR count). The molecule has 6 N–H and O–H groups in total. The summed E-state index contributed by atoms with van der Waals surface area (Å²) in [6.07, 6.45) is 84.5. The number of amides is 1. The van der Waals surface area contributed by atoms with Crippen LogP contribution >= 0.6 is 0 Å². The van der Waals surface area contributed by atoms with Crippen LogP contribution in [0.25, 0.3) is 0 Å². The number of aliphatic hydroxyl groups is 5. The normalized spacial score (nSPS) is 19.1. The Morgan fingerprint density at radius 2 is 0.768 bits per heavy atom. The monoisotopic (exact) mass is 1140 g/mol. The maximum Gasteiger partial charge on any atom is 0.220 e. The average Bonchev–Trinajstić information content (AvgIpc) is 3.53. The van der Waals surface area contributed by atoms with Crippen molar-refractivity contribution in [1.82, 2.24) is 5.32 Å². The number of aliphatic hydroxyl groups excluding tert-OH is 5. The van der Waals surface area contributed by atoms with Crippen LogP contribution in [0.1, 0.15) is 277 Å². The quantitative estimate of drug-likeness (QED) is 0.0261. The van der Waals surface area contributed by atoms with Crippen LogP contribution in [0.3, 0.4) is 0 Å². The van der Waals surface area contributed by atoms with E-state index in [-0.39, 0.29) is 18.9 Å². The SMILES string of the molecule is CC/C=C\C/C=C\C/C=C\C/C=C\C/C=C\C/C=C\C/C=C\C/C=C\CCCCC(=O)NC(COC1OC(CO)C(O)C(O)C1O)C(O)/C=C/CC/C=C/CCCCCCCCCCCCCCCCCCCCCCCCCCCC. The van der Waals surface area contributed by atoms with Gasteiger partial charge in [0.1, 0.15) is 24.4 Å². The fourth-order valence-electron chi connectivity index (χ4n) is 10.0. The molecule has 0 bridgehead atoms. The number of ether oxygens (including phenoxy) is 2. The molecule has 0 aromatic rings. The number of hydrogen-bond acceptors (Lipinski definition) is 8. The molecule has 0 spiro atoms. The van der Waals surface area contributed by atoms with Crippen molar-refractivity contribution in [2.45, 2.75) is 320 Å². The molecule has 1 aliphatic heterocycles. The van der Waals surface area contributed by atoms with Gasteiger partial charge in [0.25, 0.3) is 0 Å². The van der Waals surface area contributed by atoms with Crippen molar-refractivity contribution in [1.29, 1.82) is 0 Å². The van der Waals surface area contributed by atoms with E-state index >= 15 is 0 Å². The largest absolute Gasteiger partial charge is 0.394 e. The molecule has 0 radical (unpaired) electrons. The van der Waals surface area contributed by atoms with Crippen molar-refractivity contribution in [2.75, 3.05) is 13.2 Å². The van der Waals surface area contributed by atoms with E-state index in [0.717, 1.165) is 83.5 Å². The van der Waals surface area contributed by atoms with Gasteiger partial charge in [0.15, 0.2) is 6.29 Å². The molecule has 0 aliphatic carbocycles. The average molecular weight is 1140 g/mol. The Hall–Kier alpha value is -3.41. The molecule has 7 atom stereocenters. The number of hydrogen-bond donors (Lipinski definition) is 6. The molecule has 1 heterocycles. The number of carbonyl (C=O) groups excluding carboxylic acids is 1. The van der Waals surface area contributed by atoms with Crippen LogP contribution in [-0.2, 0) is 14.3 Å². The highest BCUT2D eigenvalue weighted by Crippen LogP contribution is 2.23. The van der Waals surface area contributed by atoms with Crippen molar-refractivity contribution < 1.29 is 39.8 Å².